The first kappa shape index (κ1) is 14.4. The maximum Gasteiger partial charge on any atom is 0.238 e. The predicted molar refractivity (Wildman–Crippen MR) is 81.7 cm³/mol. The van der Waals surface area contributed by atoms with Crippen molar-refractivity contribution in [1.82, 2.24) is 0 Å². The summed E-state index contributed by atoms with van der Waals surface area (Å²) in [5, 5.41) is 0. The number of hydrogen-bond acceptors (Lipinski definition) is 3. The van der Waals surface area contributed by atoms with Crippen molar-refractivity contribution < 1.29 is 14.4 Å². The number of carbonyl (C=O) groups excluding carboxylic acids is 3. The Balaban J connectivity index is 1.85. The van der Waals surface area contributed by atoms with E-state index in [1.54, 1.807) is 24.3 Å². The van der Waals surface area contributed by atoms with Crippen LogP contribution in [0.2, 0.25) is 0 Å². The number of hydrogen-bond donors (Lipinski definition) is 0. The quantitative estimate of drug-likeness (QED) is 0.771. The van der Waals surface area contributed by atoms with Crippen LogP contribution in [0.4, 0.5) is 5.69 Å². The molecular weight excluding hydrogens is 334 g/mol. The maximum absolute atomic E-state index is 12.6. The lowest BCUT2D eigenvalue weighted by atomic mass is 9.78. The lowest BCUT2D eigenvalue weighted by molar-refractivity contribution is -0.132. The standard InChI is InChI=1S/C16H16BrNO3/c17-10-5-7-11(8-6-10)18-15(20)9-13(16(18)21)12-3-1-2-4-14(12)19/h5-8,12-13H,1-4,9H2/t12-,13+/m0/s1. The van der Waals surface area contributed by atoms with E-state index in [1.165, 1.54) is 4.90 Å². The van der Waals surface area contributed by atoms with Crippen molar-refractivity contribution in [2.45, 2.75) is 32.1 Å². The van der Waals surface area contributed by atoms with Crippen LogP contribution in [0.5, 0.6) is 0 Å². The molecule has 0 unspecified atom stereocenters. The Hall–Kier alpha value is -1.49. The second-order valence-electron chi connectivity index (χ2n) is 5.67. The van der Waals surface area contributed by atoms with Gasteiger partial charge in [0.15, 0.2) is 0 Å². The molecule has 3 rings (SSSR count). The largest absolute Gasteiger partial charge is 0.299 e. The smallest absolute Gasteiger partial charge is 0.238 e. The molecule has 0 spiro atoms. The summed E-state index contributed by atoms with van der Waals surface area (Å²) in [5.41, 5.74) is 0.582. The Morgan fingerprint density at radius 3 is 2.38 bits per heavy atom. The van der Waals surface area contributed by atoms with Gasteiger partial charge in [-0.3, -0.25) is 19.3 Å². The zero-order chi connectivity index (χ0) is 15.0. The summed E-state index contributed by atoms with van der Waals surface area (Å²) in [4.78, 5) is 38.1. The van der Waals surface area contributed by atoms with Gasteiger partial charge in [0.25, 0.3) is 0 Å². The lowest BCUT2D eigenvalue weighted by Gasteiger charge is -2.24. The molecule has 1 heterocycles. The molecule has 0 N–H and O–H groups in total. The van der Waals surface area contributed by atoms with Gasteiger partial charge in [-0.15, -0.1) is 0 Å². The van der Waals surface area contributed by atoms with Gasteiger partial charge in [0.05, 0.1) is 11.6 Å². The van der Waals surface area contributed by atoms with E-state index in [4.69, 9.17) is 0 Å². The number of imide groups is 1. The number of carbonyl (C=O) groups is 3. The van der Waals surface area contributed by atoms with E-state index in [0.717, 1.165) is 23.7 Å². The number of halogens is 1. The fraction of sp³-hybridized carbons (Fsp3) is 0.438. The molecule has 2 aliphatic rings. The van der Waals surface area contributed by atoms with Crippen molar-refractivity contribution in [3.63, 3.8) is 0 Å². The van der Waals surface area contributed by atoms with Crippen LogP contribution in [0.15, 0.2) is 28.7 Å². The van der Waals surface area contributed by atoms with Gasteiger partial charge >= 0.3 is 0 Å². The van der Waals surface area contributed by atoms with Gasteiger partial charge in [-0.05, 0) is 37.1 Å². The topological polar surface area (TPSA) is 54.5 Å². The van der Waals surface area contributed by atoms with Gasteiger partial charge in [-0.1, -0.05) is 22.4 Å². The van der Waals surface area contributed by atoms with Crippen LogP contribution < -0.4 is 4.90 Å². The summed E-state index contributed by atoms with van der Waals surface area (Å²) >= 11 is 3.33. The molecule has 2 atom stereocenters. The Bertz CT molecular complexity index is 596. The van der Waals surface area contributed by atoms with Gasteiger partial charge in [-0.2, -0.15) is 0 Å². The number of rotatable bonds is 2. The summed E-state index contributed by atoms with van der Waals surface area (Å²) in [6.45, 7) is 0. The van der Waals surface area contributed by atoms with Gasteiger partial charge < -0.3 is 0 Å². The molecule has 0 bridgehead atoms. The van der Waals surface area contributed by atoms with Crippen LogP contribution in [-0.2, 0) is 14.4 Å². The predicted octanol–water partition coefficient (Wildman–Crippen LogP) is 3.09. The van der Waals surface area contributed by atoms with E-state index < -0.39 is 5.92 Å². The van der Waals surface area contributed by atoms with E-state index in [2.05, 4.69) is 15.9 Å². The second-order valence-corrected chi connectivity index (χ2v) is 6.59. The number of nitrogens with zero attached hydrogens (tertiary/aromatic N) is 1. The van der Waals surface area contributed by atoms with Crippen molar-refractivity contribution in [3.8, 4) is 0 Å². The average molecular weight is 350 g/mol. The molecule has 110 valence electrons. The lowest BCUT2D eigenvalue weighted by Crippen LogP contribution is -2.35. The summed E-state index contributed by atoms with van der Waals surface area (Å²) in [7, 11) is 0. The first-order valence-corrected chi connectivity index (χ1v) is 8.02. The van der Waals surface area contributed by atoms with Gasteiger partial charge in [0, 0.05) is 23.2 Å². The molecule has 4 nitrogen and oxygen atoms in total. The highest BCUT2D eigenvalue weighted by Crippen LogP contribution is 2.36. The van der Waals surface area contributed by atoms with Crippen molar-refractivity contribution in [1.29, 1.82) is 0 Å². The van der Waals surface area contributed by atoms with E-state index in [0.29, 0.717) is 12.1 Å². The molecule has 1 aliphatic heterocycles. The Kier molecular flexibility index (Phi) is 3.93. The fourth-order valence-electron chi connectivity index (χ4n) is 3.27. The second kappa shape index (κ2) is 5.72. The molecule has 0 aromatic heterocycles. The number of ketones is 1. The molecule has 1 aromatic rings. The minimum absolute atomic E-state index is 0.144. The van der Waals surface area contributed by atoms with Crippen molar-refractivity contribution >= 4 is 39.2 Å². The van der Waals surface area contributed by atoms with Gasteiger partial charge in [0.2, 0.25) is 11.8 Å². The maximum atomic E-state index is 12.6. The molecule has 1 aromatic carbocycles. The molecule has 21 heavy (non-hydrogen) atoms. The molecule has 0 radical (unpaired) electrons. The number of Topliss-reactive ketones (excluding diaryl/α,β-unsaturated/α-hetero) is 1. The number of benzene rings is 1. The first-order chi connectivity index (χ1) is 10.1. The third-order valence-electron chi connectivity index (χ3n) is 4.35. The van der Waals surface area contributed by atoms with Crippen LogP contribution in [0.25, 0.3) is 0 Å². The molecule has 2 amide bonds. The van der Waals surface area contributed by atoms with Crippen LogP contribution in [-0.4, -0.2) is 17.6 Å². The highest BCUT2D eigenvalue weighted by molar-refractivity contribution is 9.10. The summed E-state index contributed by atoms with van der Waals surface area (Å²) in [6.07, 6.45) is 3.30. The molecule has 5 heteroatoms. The van der Waals surface area contributed by atoms with Gasteiger partial charge in [0.1, 0.15) is 5.78 Å². The van der Waals surface area contributed by atoms with E-state index >= 15 is 0 Å². The average Bonchev–Trinajstić information content (AvgIpc) is 2.76. The zero-order valence-electron chi connectivity index (χ0n) is 11.5. The van der Waals surface area contributed by atoms with Gasteiger partial charge in [-0.25, -0.2) is 0 Å². The minimum Gasteiger partial charge on any atom is -0.299 e. The Morgan fingerprint density at radius 2 is 1.71 bits per heavy atom. The normalized spacial score (nSPS) is 26.5. The molecule has 2 fully saturated rings. The van der Waals surface area contributed by atoms with Crippen molar-refractivity contribution in [3.05, 3.63) is 28.7 Å². The molecular formula is C16H16BrNO3. The molecule has 1 aliphatic carbocycles. The van der Waals surface area contributed by atoms with Crippen molar-refractivity contribution in [2.75, 3.05) is 4.90 Å². The van der Waals surface area contributed by atoms with Crippen molar-refractivity contribution in [2.24, 2.45) is 11.8 Å². The fourth-order valence-corrected chi connectivity index (χ4v) is 3.53. The third kappa shape index (κ3) is 2.67. The minimum atomic E-state index is -0.464. The molecule has 1 saturated heterocycles. The molecule has 1 saturated carbocycles. The summed E-state index contributed by atoms with van der Waals surface area (Å²) in [5.74, 6) is -1.01. The highest BCUT2D eigenvalue weighted by atomic mass is 79.9. The SMILES string of the molecule is O=C1CCCC[C@H]1[C@H]1CC(=O)N(c2ccc(Br)cc2)C1=O. The summed E-state index contributed by atoms with van der Waals surface area (Å²) < 4.78 is 0.893. The highest BCUT2D eigenvalue weighted by Gasteiger charge is 2.46. The summed E-state index contributed by atoms with van der Waals surface area (Å²) in [6, 6.07) is 7.08. The number of anilines is 1. The number of amides is 2. The van der Waals surface area contributed by atoms with Crippen LogP contribution in [0.1, 0.15) is 32.1 Å². The van der Waals surface area contributed by atoms with Crippen LogP contribution in [0, 0.1) is 11.8 Å². The monoisotopic (exact) mass is 349 g/mol. The van der Waals surface area contributed by atoms with Crippen LogP contribution in [0.3, 0.4) is 0 Å². The Morgan fingerprint density at radius 1 is 1.00 bits per heavy atom. The van der Waals surface area contributed by atoms with E-state index in [9.17, 15) is 14.4 Å². The van der Waals surface area contributed by atoms with E-state index in [-0.39, 0.29) is 29.9 Å². The first-order valence-electron chi connectivity index (χ1n) is 7.23. The van der Waals surface area contributed by atoms with Crippen LogP contribution >= 0.6 is 15.9 Å². The van der Waals surface area contributed by atoms with E-state index in [1.807, 2.05) is 0 Å². The zero-order valence-corrected chi connectivity index (χ0v) is 13.1. The Labute approximate surface area is 131 Å². The third-order valence-corrected chi connectivity index (χ3v) is 4.88.